The molecule has 6 saturated heterocycles. The van der Waals surface area contributed by atoms with Crippen molar-refractivity contribution in [1.82, 2.24) is 9.80 Å². The second-order valence-electron chi connectivity index (χ2n) is 37.0. The average Bonchev–Trinajstić information content (AvgIpc) is 0.767. The molecule has 0 aromatic heterocycles. The molecule has 16 unspecified atom stereocenters. The average molecular weight is 1700 g/mol. The first-order chi connectivity index (χ1) is 56.2. The molecule has 2 aromatic carbocycles. The molecule has 6 aliphatic rings. The summed E-state index contributed by atoms with van der Waals surface area (Å²) in [5.74, 6) is -8.49. The van der Waals surface area contributed by atoms with E-state index in [1.807, 2.05) is 140 Å². The van der Waals surface area contributed by atoms with Gasteiger partial charge in [-0.25, -0.2) is 0 Å². The molecule has 6 fully saturated rings. The smallest absolute Gasteiger partial charge is 0.311 e. The first-order valence-corrected chi connectivity index (χ1v) is 43.5. The van der Waals surface area contributed by atoms with Crippen molar-refractivity contribution in [3.8, 4) is 0 Å². The lowest BCUT2D eigenvalue weighted by molar-refractivity contribution is -0.320. The molecule has 36 atom stereocenters. The van der Waals surface area contributed by atoms with E-state index in [-0.39, 0.29) is 51.7 Å². The number of hydrogen-bond acceptors (Lipinski definition) is 30. The second-order valence-corrected chi connectivity index (χ2v) is 37.0. The van der Waals surface area contributed by atoms with Crippen LogP contribution in [0.1, 0.15) is 201 Å². The number of ether oxygens (including phenoxy) is 14. The van der Waals surface area contributed by atoms with Crippen LogP contribution in [0.3, 0.4) is 0 Å². The quantitative estimate of drug-likeness (QED) is 0.0340. The van der Waals surface area contributed by atoms with Crippen LogP contribution >= 0.6 is 0 Å². The van der Waals surface area contributed by atoms with Gasteiger partial charge in [0.2, 0.25) is 0 Å². The number of likely N-dealkylation sites (N-methyl/N-ethyl adjacent to an activating group) is 2. The van der Waals surface area contributed by atoms with Crippen LogP contribution in [0, 0.1) is 47.3 Å². The van der Waals surface area contributed by atoms with Gasteiger partial charge in [-0.15, -0.1) is 0 Å². The number of methoxy groups -OCH3 is 4. The number of aliphatic hydroxyl groups is 8. The monoisotopic (exact) mass is 1700 g/mol. The van der Waals surface area contributed by atoms with Crippen LogP contribution in [0.4, 0.5) is 0 Å². The summed E-state index contributed by atoms with van der Waals surface area (Å²) in [5, 5.41) is 108. The third-order valence-corrected chi connectivity index (χ3v) is 27.7. The molecule has 0 spiro atoms. The highest BCUT2D eigenvalue weighted by atomic mass is 16.7. The molecule has 8 rings (SSSR count). The molecular weight excluding hydrogens is 1550 g/mol. The van der Waals surface area contributed by atoms with Gasteiger partial charge >= 0.3 is 11.9 Å². The lowest BCUT2D eigenvalue weighted by Gasteiger charge is -2.50. The van der Waals surface area contributed by atoms with Crippen molar-refractivity contribution in [1.29, 1.82) is 0 Å². The van der Waals surface area contributed by atoms with Crippen molar-refractivity contribution in [2.24, 2.45) is 57.7 Å². The number of esters is 2. The summed E-state index contributed by atoms with van der Waals surface area (Å²) in [6.07, 6.45) is -21.0. The van der Waals surface area contributed by atoms with Crippen molar-refractivity contribution >= 4 is 23.4 Å². The highest BCUT2D eigenvalue weighted by molar-refractivity contribution is 5.89. The van der Waals surface area contributed by atoms with Crippen LogP contribution in [0.25, 0.3) is 0 Å². The Morgan fingerprint density at radius 3 is 1.07 bits per heavy atom. The number of carbonyl (C=O) groups excluding carboxylic acids is 2. The van der Waals surface area contributed by atoms with Gasteiger partial charge in [0.05, 0.1) is 107 Å². The molecule has 6 heterocycles. The molecule has 2 aromatic rings. The Kier molecular flexibility index (Phi) is 36.0. The molecule has 120 heavy (non-hydrogen) atoms. The Hall–Kier alpha value is -4.56. The summed E-state index contributed by atoms with van der Waals surface area (Å²) >= 11 is 0. The van der Waals surface area contributed by atoms with E-state index < -0.39 is 228 Å². The minimum atomic E-state index is -2.02. The molecule has 686 valence electrons. The zero-order chi connectivity index (χ0) is 89.2. The summed E-state index contributed by atoms with van der Waals surface area (Å²) in [5.41, 5.74) is -6.67. The highest BCUT2D eigenvalue weighted by Gasteiger charge is 2.58. The molecular formula is C90H150N4O26. The van der Waals surface area contributed by atoms with Crippen molar-refractivity contribution in [2.45, 2.75) is 372 Å². The van der Waals surface area contributed by atoms with E-state index in [0.717, 1.165) is 11.1 Å². The minimum absolute atomic E-state index is 0.0451. The van der Waals surface area contributed by atoms with Gasteiger partial charge in [0.15, 0.2) is 25.2 Å². The number of hydrogen-bond donors (Lipinski definition) is 8. The summed E-state index contributed by atoms with van der Waals surface area (Å²) < 4.78 is 93.1. The minimum Gasteiger partial charge on any atom is -0.459 e. The van der Waals surface area contributed by atoms with Crippen molar-refractivity contribution in [3.63, 3.8) is 0 Å². The van der Waals surface area contributed by atoms with Crippen LogP contribution in [0.2, 0.25) is 0 Å². The number of carbonyl (C=O) groups is 2. The molecule has 30 nitrogen and oxygen atoms in total. The second kappa shape index (κ2) is 42.8. The Labute approximate surface area is 713 Å². The molecule has 6 aliphatic heterocycles. The Bertz CT molecular complexity index is 3330. The SMILES string of the molecule is CC[C@H]1OC(=O)[C@H](C)[C@@H](OC2CC(C)(OC)C(O)C(C)O2)[C@H](C)[C@@H](OC2OC(C)CC(N(C)CCN(C)C3CC(C)OC(O[C@@H]4[C@@H](C)[C@H](OC5CC(C)(OC)C(O)C(C)O5)[C@@H](C)C(=O)O[C@H](CC)[C@@](C)(O)[C@H](O)[C@@H](C)/C(=N/OCc5ccccc5)[C@H](C)C[C@]4(C)OC)C3O)C2O)[C@@](C)(OC)C[C@@H](C)/C(=N\OCc2ccccc2)[C@H](C)[C@@H](O)[C@]1(C)O. The molecule has 0 radical (unpaired) electrons. The third-order valence-electron chi connectivity index (χ3n) is 27.7. The Balaban J connectivity index is 1.12. The molecule has 30 heteroatoms. The largest absolute Gasteiger partial charge is 0.459 e. The number of nitrogens with zero attached hydrogens (tertiary/aromatic N) is 4. The van der Waals surface area contributed by atoms with Gasteiger partial charge in [0.25, 0.3) is 0 Å². The van der Waals surface area contributed by atoms with Gasteiger partial charge in [-0.3, -0.25) is 19.4 Å². The van der Waals surface area contributed by atoms with Gasteiger partial charge in [-0.1, -0.05) is 126 Å². The maximum Gasteiger partial charge on any atom is 0.311 e. The van der Waals surface area contributed by atoms with Crippen LogP contribution < -0.4 is 0 Å². The van der Waals surface area contributed by atoms with Gasteiger partial charge < -0.3 is 117 Å². The summed E-state index contributed by atoms with van der Waals surface area (Å²) in [4.78, 5) is 46.5. The normalized spacial score (nSPS) is 44.8. The number of cyclic esters (lactones) is 2. The molecule has 0 bridgehead atoms. The fraction of sp³-hybridized carbons (Fsp3) is 0.822. The van der Waals surface area contributed by atoms with Crippen LogP contribution in [-0.2, 0) is 98.8 Å². The van der Waals surface area contributed by atoms with Gasteiger partial charge in [-0.05, 0) is 147 Å². The molecule has 8 N–H and O–H groups in total. The Morgan fingerprint density at radius 1 is 0.442 bits per heavy atom. The van der Waals surface area contributed by atoms with Crippen LogP contribution in [0.15, 0.2) is 71.0 Å². The van der Waals surface area contributed by atoms with Crippen LogP contribution in [0.5, 0.6) is 0 Å². The molecule has 0 aliphatic carbocycles. The van der Waals surface area contributed by atoms with Crippen LogP contribution in [-0.4, -0.2) is 298 Å². The van der Waals surface area contributed by atoms with Crippen molar-refractivity contribution in [3.05, 3.63) is 71.8 Å². The lowest BCUT2D eigenvalue weighted by Crippen LogP contribution is -2.62. The standard InChI is InChI=1S/C90H150N4O26/c1-27-65-89(19,103)75(97)53(7)69(91-109-47-61-35-31-29-32-36-61)49(3)43-87(17,107-25)79(55(9)73(57(11)81(101)115-65)117-67-45-85(15,105-23)77(99)59(13)113-67)119-83-71(95)63(41-51(5)111-83)93(21)39-40-94(22)64-42-52(6)112-84(72(64)96)120-80-56(10)74(118-68-46-86(16,106-24)78(100)60(14)114-68)58(12)82(102)116-66(28-2)90(20,104)76(98)54(8)70(50(4)44-88(80,18)108-26)92-110-48-62-37-33-30-34-38-62/h29-38,49-60,63-68,71-80,83-84,95-100,103-104H,27-28,39-48H2,1-26H3/b91-69+,92-70+/t49-,50-,51?,52?,53+,54+,55+,56+,57-,58-,59?,60?,63?,64?,65-,66-,67?,68?,71?,72?,73+,74+,75-,76-,77?,78?,79-,80-,83?,84?,85?,86?,87+,88+,89-,90-/m1/s1. The first kappa shape index (κ1) is 101. The fourth-order valence-electron chi connectivity index (χ4n) is 19.5. The molecule has 0 amide bonds. The van der Waals surface area contributed by atoms with E-state index in [4.69, 9.17) is 86.3 Å². The van der Waals surface area contributed by atoms with Gasteiger partial charge in [-0.2, -0.15) is 0 Å². The number of aliphatic hydroxyl groups excluding tert-OH is 6. The number of rotatable bonds is 25. The topological polar surface area (TPSA) is 375 Å². The van der Waals surface area contributed by atoms with Crippen molar-refractivity contribution in [2.75, 3.05) is 55.6 Å². The van der Waals surface area contributed by atoms with Gasteiger partial charge in [0.1, 0.15) is 61.0 Å². The van der Waals surface area contributed by atoms with E-state index in [0.29, 0.717) is 37.4 Å². The van der Waals surface area contributed by atoms with Crippen molar-refractivity contribution < 1.29 is 126 Å². The highest BCUT2D eigenvalue weighted by Crippen LogP contribution is 2.46. The lowest BCUT2D eigenvalue weighted by atomic mass is 9.73. The zero-order valence-electron chi connectivity index (χ0n) is 76.3. The Morgan fingerprint density at radius 2 is 0.767 bits per heavy atom. The van der Waals surface area contributed by atoms with E-state index in [9.17, 15) is 40.9 Å². The third kappa shape index (κ3) is 23.2. The maximum atomic E-state index is 15.1. The predicted molar refractivity (Wildman–Crippen MR) is 447 cm³/mol. The summed E-state index contributed by atoms with van der Waals surface area (Å²) in [6, 6.07) is 17.7. The first-order valence-electron chi connectivity index (χ1n) is 43.5. The van der Waals surface area contributed by atoms with E-state index in [1.165, 1.54) is 28.1 Å². The maximum absolute atomic E-state index is 15.1. The number of benzene rings is 2. The summed E-state index contributed by atoms with van der Waals surface area (Å²) in [6.45, 7) is 36.1. The van der Waals surface area contributed by atoms with E-state index in [2.05, 4.69) is 0 Å². The van der Waals surface area contributed by atoms with E-state index >= 15 is 9.59 Å². The zero-order valence-corrected chi connectivity index (χ0v) is 76.3. The van der Waals surface area contributed by atoms with Gasteiger partial charge in [0, 0.05) is 102 Å². The summed E-state index contributed by atoms with van der Waals surface area (Å²) in [7, 11) is 9.91. The van der Waals surface area contributed by atoms with E-state index in [1.54, 1.807) is 83.5 Å². The number of oxime groups is 2. The fourth-order valence-corrected chi connectivity index (χ4v) is 19.5. The molecule has 0 saturated carbocycles. The predicted octanol–water partition coefficient (Wildman–Crippen LogP) is 8.64.